The lowest BCUT2D eigenvalue weighted by Crippen LogP contribution is -3.00. The lowest BCUT2D eigenvalue weighted by atomic mass is 10.0. The average Bonchev–Trinajstić information content (AvgIpc) is 3.07. The molecular weight excluding hydrogens is 755 g/mol. The maximum atomic E-state index is 12.5. The molecule has 4 aromatic rings. The van der Waals surface area contributed by atoms with Gasteiger partial charge in [-0.15, -0.1) is 0 Å². The summed E-state index contributed by atoms with van der Waals surface area (Å²) in [4.78, 5) is 35.5. The van der Waals surface area contributed by atoms with Crippen molar-refractivity contribution in [3.05, 3.63) is 111 Å². The van der Waals surface area contributed by atoms with Crippen LogP contribution in [0.25, 0.3) is 11.1 Å². The summed E-state index contributed by atoms with van der Waals surface area (Å²) in [5.74, 6) is -2.48. The highest BCUT2D eigenvalue weighted by atomic mass is 79.9. The first-order valence-corrected chi connectivity index (χ1v) is 16.5. The zero-order chi connectivity index (χ0) is 35.5. The van der Waals surface area contributed by atoms with Crippen LogP contribution in [0.3, 0.4) is 0 Å². The number of hydrogen-bond donors (Lipinski definition) is 4. The van der Waals surface area contributed by atoms with Crippen LogP contribution in [0.1, 0.15) is 43.0 Å². The summed E-state index contributed by atoms with van der Waals surface area (Å²) in [6.07, 6.45) is 2.01. The second-order valence-electron chi connectivity index (χ2n) is 11.3. The fourth-order valence-corrected chi connectivity index (χ4v) is 5.73. The standard InChI is InChI=1S/C36H36BrClN2O9.ClH/c1-22(2)49-36(46)29(19-41)39-17-26-14-28(38)32(48-21-25-11-6-12-27(34(25)37)24-9-4-3-5-10-24)16-31(26)47-20-23-8-7-13-40(18-23)30(35(44)45)15-33(42)43;/h3-14,16,18,22,29-30,39,41H,15,17,19-21H2,1-2H3,(H-,42,43,44,45);1H/t29-,30?;/m0./s1. The molecule has 0 aliphatic heterocycles. The second kappa shape index (κ2) is 19.3. The minimum absolute atomic E-state index is 0. The SMILES string of the molecule is CC(C)OC(=O)[C@H](CO)NCc1cc(Cl)c(OCc2cccc(-c3ccccc3)c2Br)cc1OCc1ccc[n+](C(CC(=O)O)C(=O)O)c1.[Cl-]. The number of nitrogens with one attached hydrogen (secondary N) is 1. The molecule has 1 aromatic heterocycles. The van der Waals surface area contributed by atoms with E-state index in [0.29, 0.717) is 22.6 Å². The Morgan fingerprint density at radius 2 is 1.64 bits per heavy atom. The highest BCUT2D eigenvalue weighted by molar-refractivity contribution is 9.10. The number of rotatable bonds is 17. The first-order valence-electron chi connectivity index (χ1n) is 15.4. The normalized spacial score (nSPS) is 12.0. The largest absolute Gasteiger partial charge is 1.00 e. The predicted octanol–water partition coefficient (Wildman–Crippen LogP) is 2.72. The molecule has 2 atom stereocenters. The van der Waals surface area contributed by atoms with E-state index in [9.17, 15) is 29.7 Å². The number of carbonyl (C=O) groups is 3. The first-order chi connectivity index (χ1) is 23.5. The molecule has 1 unspecified atom stereocenters. The summed E-state index contributed by atoms with van der Waals surface area (Å²) in [5.41, 5.74) is 4.02. The van der Waals surface area contributed by atoms with Crippen LogP contribution in [0, 0.1) is 0 Å². The molecule has 0 bridgehead atoms. The maximum absolute atomic E-state index is 12.5. The summed E-state index contributed by atoms with van der Waals surface area (Å²) in [7, 11) is 0. The monoisotopic (exact) mass is 790 g/mol. The molecule has 11 nitrogen and oxygen atoms in total. The highest BCUT2D eigenvalue weighted by Crippen LogP contribution is 2.36. The smallest absolute Gasteiger partial charge is 0.374 e. The number of ether oxygens (including phenoxy) is 3. The predicted molar refractivity (Wildman–Crippen MR) is 184 cm³/mol. The van der Waals surface area contributed by atoms with Crippen molar-refractivity contribution in [2.24, 2.45) is 0 Å². The van der Waals surface area contributed by atoms with Crippen LogP contribution < -0.4 is 31.8 Å². The number of esters is 1. The summed E-state index contributed by atoms with van der Waals surface area (Å²) in [5, 5.41) is 31.9. The number of aliphatic hydroxyl groups is 1. The van der Waals surface area contributed by atoms with Crippen molar-refractivity contribution < 1.29 is 60.9 Å². The van der Waals surface area contributed by atoms with E-state index in [1.165, 1.54) is 17.0 Å². The number of carbonyl (C=O) groups excluding carboxylic acids is 1. The Labute approximate surface area is 309 Å². The molecule has 0 saturated heterocycles. The topological polar surface area (TPSA) is 156 Å². The number of benzene rings is 3. The van der Waals surface area contributed by atoms with Gasteiger partial charge in [-0.25, -0.2) is 4.79 Å². The number of pyridine rings is 1. The lowest BCUT2D eigenvalue weighted by Gasteiger charge is -2.20. The van der Waals surface area contributed by atoms with E-state index in [0.717, 1.165) is 21.2 Å². The molecule has 4 rings (SSSR count). The number of nitrogens with zero attached hydrogens (tertiary/aromatic N) is 1. The van der Waals surface area contributed by atoms with Crippen LogP contribution in [0.2, 0.25) is 5.02 Å². The zero-order valence-electron chi connectivity index (χ0n) is 27.2. The van der Waals surface area contributed by atoms with E-state index in [1.54, 1.807) is 38.1 Å². The Morgan fingerprint density at radius 3 is 2.30 bits per heavy atom. The molecule has 0 aliphatic rings. The van der Waals surface area contributed by atoms with Gasteiger partial charge < -0.3 is 41.9 Å². The molecule has 266 valence electrons. The number of carboxylic acids is 2. The van der Waals surface area contributed by atoms with E-state index in [-0.39, 0.29) is 43.3 Å². The van der Waals surface area contributed by atoms with Crippen LogP contribution >= 0.6 is 27.5 Å². The Bertz CT molecular complexity index is 1780. The number of halogens is 3. The summed E-state index contributed by atoms with van der Waals surface area (Å²) in [6, 6.07) is 20.1. The lowest BCUT2D eigenvalue weighted by molar-refractivity contribution is -0.710. The quantitative estimate of drug-likeness (QED) is 0.0928. The molecule has 0 fully saturated rings. The molecular formula is C36H37BrCl2N2O9. The molecule has 0 radical (unpaired) electrons. The van der Waals surface area contributed by atoms with Gasteiger partial charge in [0.15, 0.2) is 12.4 Å². The number of aliphatic hydroxyl groups excluding tert-OH is 1. The third kappa shape index (κ3) is 11.2. The second-order valence-corrected chi connectivity index (χ2v) is 12.5. The number of carboxylic acid groups (broad SMARTS) is 2. The van der Waals surface area contributed by atoms with E-state index in [1.807, 2.05) is 48.5 Å². The van der Waals surface area contributed by atoms with E-state index in [4.69, 9.17) is 25.8 Å². The van der Waals surface area contributed by atoms with Gasteiger partial charge >= 0.3 is 17.9 Å². The summed E-state index contributed by atoms with van der Waals surface area (Å²) in [6.45, 7) is 3.12. The van der Waals surface area contributed by atoms with Gasteiger partial charge in [-0.1, -0.05) is 60.1 Å². The van der Waals surface area contributed by atoms with Gasteiger partial charge in [0.1, 0.15) is 37.2 Å². The van der Waals surface area contributed by atoms with Gasteiger partial charge in [0, 0.05) is 34.3 Å². The number of aliphatic carboxylic acids is 2. The number of hydrogen-bond acceptors (Lipinski definition) is 8. The van der Waals surface area contributed by atoms with Crippen molar-refractivity contribution in [1.82, 2.24) is 5.32 Å². The van der Waals surface area contributed by atoms with Gasteiger partial charge in [-0.3, -0.25) is 14.9 Å². The van der Waals surface area contributed by atoms with Crippen LogP contribution in [0.5, 0.6) is 11.5 Å². The van der Waals surface area contributed by atoms with Crippen LogP contribution in [-0.2, 0) is 38.9 Å². The van der Waals surface area contributed by atoms with Crippen LogP contribution in [0.15, 0.2) is 89.7 Å². The van der Waals surface area contributed by atoms with Crippen LogP contribution in [-0.4, -0.2) is 52.0 Å². The third-order valence-corrected chi connectivity index (χ3v) is 8.54. The van der Waals surface area contributed by atoms with E-state index in [2.05, 4.69) is 21.2 Å². The third-order valence-electron chi connectivity index (χ3n) is 7.31. The minimum atomic E-state index is -1.31. The molecule has 14 heteroatoms. The molecule has 4 N–H and O–H groups in total. The Kier molecular flexibility index (Phi) is 15.5. The molecule has 1 heterocycles. The molecule has 0 saturated carbocycles. The zero-order valence-corrected chi connectivity index (χ0v) is 30.3. The van der Waals surface area contributed by atoms with Crippen LogP contribution in [0.4, 0.5) is 0 Å². The van der Waals surface area contributed by atoms with E-state index >= 15 is 0 Å². The Balaban J connectivity index is 0.00000676. The van der Waals surface area contributed by atoms with Gasteiger partial charge in [0.05, 0.1) is 23.3 Å². The molecule has 3 aromatic carbocycles. The van der Waals surface area contributed by atoms with Crippen molar-refractivity contribution >= 4 is 45.4 Å². The van der Waals surface area contributed by atoms with Gasteiger partial charge in [0.25, 0.3) is 6.04 Å². The molecule has 0 aliphatic carbocycles. The Hall–Kier alpha value is -4.20. The fraction of sp³-hybridized carbons (Fsp3) is 0.278. The van der Waals surface area contributed by atoms with Gasteiger partial charge in [-0.05, 0) is 53.0 Å². The first kappa shape index (κ1) is 40.2. The van der Waals surface area contributed by atoms with Gasteiger partial charge in [-0.2, -0.15) is 4.57 Å². The summed E-state index contributed by atoms with van der Waals surface area (Å²) < 4.78 is 19.8. The minimum Gasteiger partial charge on any atom is -1.00 e. The van der Waals surface area contributed by atoms with Crippen molar-refractivity contribution in [1.29, 1.82) is 0 Å². The van der Waals surface area contributed by atoms with Crippen molar-refractivity contribution in [2.75, 3.05) is 6.61 Å². The van der Waals surface area contributed by atoms with E-state index < -0.39 is 43.0 Å². The average molecular weight is 793 g/mol. The number of aromatic nitrogens is 1. The summed E-state index contributed by atoms with van der Waals surface area (Å²) >= 11 is 10.4. The van der Waals surface area contributed by atoms with Gasteiger partial charge in [0.2, 0.25) is 0 Å². The molecule has 50 heavy (non-hydrogen) atoms. The Morgan fingerprint density at radius 1 is 0.920 bits per heavy atom. The van der Waals surface area contributed by atoms with Crippen molar-refractivity contribution in [2.45, 2.75) is 58.2 Å². The molecule has 0 spiro atoms. The maximum Gasteiger partial charge on any atom is 0.374 e. The van der Waals surface area contributed by atoms with Crippen molar-refractivity contribution in [3.8, 4) is 22.6 Å². The molecule has 0 amide bonds. The fourth-order valence-electron chi connectivity index (χ4n) is 4.89. The van der Waals surface area contributed by atoms with Crippen molar-refractivity contribution in [3.63, 3.8) is 0 Å². The highest BCUT2D eigenvalue weighted by Gasteiger charge is 2.30.